The number of halogens is 1. The largest absolute Gasteiger partial charge is 0.341 e. The molecule has 0 aliphatic heterocycles. The molecule has 6 heteroatoms. The smallest absolute Gasteiger partial charge is 0.321 e. The molecular formula is C11H13BrN2O2S. The number of rotatable bonds is 3. The van der Waals surface area contributed by atoms with E-state index in [4.69, 9.17) is 0 Å². The Kier molecular flexibility index (Phi) is 5.50. The molecule has 0 saturated carbocycles. The van der Waals surface area contributed by atoms with Crippen molar-refractivity contribution in [3.05, 3.63) is 28.7 Å². The number of nitrogens with one attached hydrogen (secondary N) is 2. The molecule has 3 amide bonds. The van der Waals surface area contributed by atoms with Gasteiger partial charge in [0.2, 0.25) is 5.91 Å². The third-order valence-corrected chi connectivity index (χ3v) is 4.10. The number of carbonyl (C=O) groups excluding carboxylic acids is 2. The minimum atomic E-state index is -0.491. The standard InChI is InChI=1S/C11H13BrN2O2S/c1-7(10(15)14-11(16)13-2)17-9-6-4-3-5-8(9)12/h3-7H,1-2H3,(H2,13,14,15,16). The van der Waals surface area contributed by atoms with Crippen LogP contribution in [-0.4, -0.2) is 24.2 Å². The van der Waals surface area contributed by atoms with Crippen molar-refractivity contribution in [2.75, 3.05) is 7.05 Å². The molecule has 2 N–H and O–H groups in total. The fourth-order valence-corrected chi connectivity index (χ4v) is 2.51. The van der Waals surface area contributed by atoms with E-state index in [-0.39, 0.29) is 11.2 Å². The number of hydrogen-bond acceptors (Lipinski definition) is 3. The second-order valence-electron chi connectivity index (χ2n) is 3.26. The van der Waals surface area contributed by atoms with Gasteiger partial charge in [-0.05, 0) is 35.0 Å². The summed E-state index contributed by atoms with van der Waals surface area (Å²) < 4.78 is 0.935. The van der Waals surface area contributed by atoms with Crippen molar-refractivity contribution in [2.45, 2.75) is 17.1 Å². The summed E-state index contributed by atoms with van der Waals surface area (Å²) in [6, 6.07) is 7.14. The minimum Gasteiger partial charge on any atom is -0.341 e. The Labute approximate surface area is 113 Å². The molecule has 1 rings (SSSR count). The lowest BCUT2D eigenvalue weighted by Gasteiger charge is -2.11. The van der Waals surface area contributed by atoms with Crippen LogP contribution in [0.3, 0.4) is 0 Å². The van der Waals surface area contributed by atoms with Gasteiger partial charge in [0.1, 0.15) is 0 Å². The van der Waals surface area contributed by atoms with Gasteiger partial charge in [-0.15, -0.1) is 11.8 Å². The predicted molar refractivity (Wildman–Crippen MR) is 72.1 cm³/mol. The van der Waals surface area contributed by atoms with E-state index in [0.717, 1.165) is 9.37 Å². The lowest BCUT2D eigenvalue weighted by molar-refractivity contribution is -0.119. The number of imide groups is 1. The molecule has 1 aromatic rings. The van der Waals surface area contributed by atoms with Gasteiger partial charge in [0, 0.05) is 16.4 Å². The number of urea groups is 1. The summed E-state index contributed by atoms with van der Waals surface area (Å²) in [5.74, 6) is -0.315. The number of amides is 3. The van der Waals surface area contributed by atoms with E-state index < -0.39 is 6.03 Å². The molecule has 0 fully saturated rings. The second-order valence-corrected chi connectivity index (χ2v) is 5.50. The Morgan fingerprint density at radius 1 is 1.35 bits per heavy atom. The first-order valence-electron chi connectivity index (χ1n) is 4.98. The minimum absolute atomic E-state index is 0.315. The van der Waals surface area contributed by atoms with Gasteiger partial charge in [-0.25, -0.2) is 4.79 Å². The maximum Gasteiger partial charge on any atom is 0.321 e. The summed E-state index contributed by atoms with van der Waals surface area (Å²) in [4.78, 5) is 23.6. The van der Waals surface area contributed by atoms with Crippen LogP contribution in [0.5, 0.6) is 0 Å². The third kappa shape index (κ3) is 4.40. The Balaban J connectivity index is 2.60. The Morgan fingerprint density at radius 2 is 2.00 bits per heavy atom. The Hall–Kier alpha value is -1.01. The molecule has 1 atom stereocenters. The normalized spacial score (nSPS) is 11.7. The van der Waals surface area contributed by atoms with E-state index in [1.165, 1.54) is 18.8 Å². The lowest BCUT2D eigenvalue weighted by atomic mass is 10.4. The molecule has 0 spiro atoms. The average molecular weight is 317 g/mol. The number of benzene rings is 1. The summed E-state index contributed by atoms with van der Waals surface area (Å²) in [6.45, 7) is 1.75. The van der Waals surface area contributed by atoms with Crippen LogP contribution in [0.15, 0.2) is 33.6 Å². The number of thioether (sulfide) groups is 1. The molecule has 1 aromatic carbocycles. The summed E-state index contributed by atoms with van der Waals surface area (Å²) >= 11 is 4.80. The summed E-state index contributed by atoms with van der Waals surface area (Å²) in [6.07, 6.45) is 0. The zero-order chi connectivity index (χ0) is 12.8. The summed E-state index contributed by atoms with van der Waals surface area (Å²) in [5, 5.41) is 4.24. The van der Waals surface area contributed by atoms with Crippen LogP contribution in [0.1, 0.15) is 6.92 Å². The zero-order valence-corrected chi connectivity index (χ0v) is 11.9. The van der Waals surface area contributed by atoms with Crippen molar-refractivity contribution in [3.63, 3.8) is 0 Å². The first kappa shape index (κ1) is 14.1. The van der Waals surface area contributed by atoms with Gasteiger partial charge in [0.15, 0.2) is 0 Å². The Bertz CT molecular complexity index is 426. The quantitative estimate of drug-likeness (QED) is 0.842. The van der Waals surface area contributed by atoms with Gasteiger partial charge in [0.25, 0.3) is 0 Å². The van der Waals surface area contributed by atoms with E-state index in [9.17, 15) is 9.59 Å². The highest BCUT2D eigenvalue weighted by atomic mass is 79.9. The molecule has 0 aromatic heterocycles. The Morgan fingerprint density at radius 3 is 2.59 bits per heavy atom. The van der Waals surface area contributed by atoms with Gasteiger partial charge >= 0.3 is 6.03 Å². The SMILES string of the molecule is CNC(=O)NC(=O)C(C)Sc1ccccc1Br. The molecule has 4 nitrogen and oxygen atoms in total. The van der Waals surface area contributed by atoms with E-state index in [1.807, 2.05) is 24.3 Å². The molecule has 0 radical (unpaired) electrons. The van der Waals surface area contributed by atoms with Crippen molar-refractivity contribution in [2.24, 2.45) is 0 Å². The van der Waals surface area contributed by atoms with Crippen LogP contribution in [0.4, 0.5) is 4.79 Å². The van der Waals surface area contributed by atoms with Crippen molar-refractivity contribution in [1.82, 2.24) is 10.6 Å². The van der Waals surface area contributed by atoms with Gasteiger partial charge in [0.05, 0.1) is 5.25 Å². The van der Waals surface area contributed by atoms with Gasteiger partial charge < -0.3 is 5.32 Å². The van der Waals surface area contributed by atoms with E-state index >= 15 is 0 Å². The first-order valence-corrected chi connectivity index (χ1v) is 6.65. The van der Waals surface area contributed by atoms with E-state index in [2.05, 4.69) is 26.6 Å². The van der Waals surface area contributed by atoms with Gasteiger partial charge in [-0.1, -0.05) is 12.1 Å². The average Bonchev–Trinajstić information content (AvgIpc) is 2.31. The van der Waals surface area contributed by atoms with Crippen LogP contribution in [0.25, 0.3) is 0 Å². The van der Waals surface area contributed by atoms with Gasteiger partial charge in [-0.2, -0.15) is 0 Å². The van der Waals surface area contributed by atoms with Crippen molar-refractivity contribution >= 4 is 39.6 Å². The maximum absolute atomic E-state index is 11.6. The highest BCUT2D eigenvalue weighted by Gasteiger charge is 2.17. The molecule has 0 saturated heterocycles. The predicted octanol–water partition coefficient (Wildman–Crippen LogP) is 2.39. The van der Waals surface area contributed by atoms with E-state index in [1.54, 1.807) is 6.92 Å². The molecule has 0 bridgehead atoms. The highest BCUT2D eigenvalue weighted by Crippen LogP contribution is 2.30. The molecule has 17 heavy (non-hydrogen) atoms. The molecule has 1 unspecified atom stereocenters. The summed E-state index contributed by atoms with van der Waals surface area (Å²) in [7, 11) is 1.47. The second kappa shape index (κ2) is 6.66. The van der Waals surface area contributed by atoms with Crippen LogP contribution in [0, 0.1) is 0 Å². The fourth-order valence-electron chi connectivity index (χ4n) is 1.06. The molecular weight excluding hydrogens is 304 g/mol. The van der Waals surface area contributed by atoms with Crippen molar-refractivity contribution in [3.8, 4) is 0 Å². The topological polar surface area (TPSA) is 58.2 Å². The molecule has 0 heterocycles. The third-order valence-electron chi connectivity index (χ3n) is 1.97. The molecule has 0 aliphatic rings. The first-order chi connectivity index (χ1) is 8.04. The lowest BCUT2D eigenvalue weighted by Crippen LogP contribution is -2.41. The molecule has 0 aliphatic carbocycles. The fraction of sp³-hybridized carbons (Fsp3) is 0.273. The van der Waals surface area contributed by atoms with Crippen LogP contribution in [-0.2, 0) is 4.79 Å². The van der Waals surface area contributed by atoms with Crippen LogP contribution >= 0.6 is 27.7 Å². The van der Waals surface area contributed by atoms with Crippen molar-refractivity contribution in [1.29, 1.82) is 0 Å². The van der Waals surface area contributed by atoms with E-state index in [0.29, 0.717) is 0 Å². The monoisotopic (exact) mass is 316 g/mol. The maximum atomic E-state index is 11.6. The highest BCUT2D eigenvalue weighted by molar-refractivity contribution is 9.10. The number of hydrogen-bond donors (Lipinski definition) is 2. The van der Waals surface area contributed by atoms with Crippen molar-refractivity contribution < 1.29 is 9.59 Å². The van der Waals surface area contributed by atoms with Crippen LogP contribution in [0.2, 0.25) is 0 Å². The summed E-state index contributed by atoms with van der Waals surface area (Å²) in [5.41, 5.74) is 0. The number of carbonyl (C=O) groups is 2. The van der Waals surface area contributed by atoms with Gasteiger partial charge in [-0.3, -0.25) is 10.1 Å². The molecule has 92 valence electrons. The zero-order valence-electron chi connectivity index (χ0n) is 9.49. The van der Waals surface area contributed by atoms with Crippen LogP contribution < -0.4 is 10.6 Å².